The molecule has 1 atom stereocenters. The summed E-state index contributed by atoms with van der Waals surface area (Å²) in [5.41, 5.74) is 1.12. The first-order chi connectivity index (χ1) is 9.45. The van der Waals surface area contributed by atoms with Gasteiger partial charge in [0, 0.05) is 19.1 Å². The Morgan fingerprint density at radius 2 is 2.00 bits per heavy atom. The molecule has 0 spiro atoms. The average Bonchev–Trinajstić information content (AvgIpc) is 2.39. The van der Waals surface area contributed by atoms with Crippen molar-refractivity contribution < 1.29 is 18.0 Å². The number of carbonyl (C=O) groups excluding carboxylic acids is 1. The van der Waals surface area contributed by atoms with Gasteiger partial charge in [0.1, 0.15) is 0 Å². The topological polar surface area (TPSA) is 32.3 Å². The fourth-order valence-electron chi connectivity index (χ4n) is 2.43. The highest BCUT2D eigenvalue weighted by atomic mass is 19.4. The lowest BCUT2D eigenvalue weighted by molar-refractivity contribution is -0.174. The lowest BCUT2D eigenvalue weighted by Gasteiger charge is -2.33. The molecular formula is C14H17F3N2O. The van der Waals surface area contributed by atoms with E-state index in [0.717, 1.165) is 18.5 Å². The Labute approximate surface area is 115 Å². The molecule has 1 saturated heterocycles. The van der Waals surface area contributed by atoms with Gasteiger partial charge in [-0.2, -0.15) is 13.2 Å². The molecule has 0 aliphatic carbocycles. The number of halogens is 3. The first-order valence-corrected chi connectivity index (χ1v) is 6.59. The third-order valence-corrected chi connectivity index (χ3v) is 3.35. The molecule has 6 heteroatoms. The van der Waals surface area contributed by atoms with Crippen LogP contribution in [0.2, 0.25) is 0 Å². The Bertz CT molecular complexity index is 447. The molecule has 1 aromatic rings. The van der Waals surface area contributed by atoms with E-state index in [4.69, 9.17) is 0 Å². The third kappa shape index (κ3) is 4.23. The summed E-state index contributed by atoms with van der Waals surface area (Å²) in [5.74, 6) is -1.84. The van der Waals surface area contributed by atoms with Crippen molar-refractivity contribution in [3.8, 4) is 0 Å². The lowest BCUT2D eigenvalue weighted by Crippen LogP contribution is -2.50. The van der Waals surface area contributed by atoms with E-state index in [1.54, 1.807) is 0 Å². The minimum atomic E-state index is -4.80. The molecule has 110 valence electrons. The molecule has 1 unspecified atom stereocenters. The smallest absolute Gasteiger partial charge is 0.344 e. The van der Waals surface area contributed by atoms with E-state index in [2.05, 4.69) is 10.2 Å². The Kier molecular flexibility index (Phi) is 4.65. The summed E-state index contributed by atoms with van der Waals surface area (Å²) in [6.45, 7) is 1.99. The van der Waals surface area contributed by atoms with E-state index in [1.165, 1.54) is 0 Å². The molecule has 1 heterocycles. The zero-order valence-corrected chi connectivity index (χ0v) is 11.0. The number of piperidine rings is 1. The second kappa shape index (κ2) is 6.26. The van der Waals surface area contributed by atoms with Crippen LogP contribution in [0.3, 0.4) is 0 Å². The summed E-state index contributed by atoms with van der Waals surface area (Å²) >= 11 is 0. The zero-order chi connectivity index (χ0) is 14.6. The molecule has 1 N–H and O–H groups in total. The summed E-state index contributed by atoms with van der Waals surface area (Å²) in [7, 11) is 0. The van der Waals surface area contributed by atoms with Gasteiger partial charge in [0.25, 0.3) is 0 Å². The van der Waals surface area contributed by atoms with E-state index in [-0.39, 0.29) is 0 Å². The van der Waals surface area contributed by atoms with Crippen molar-refractivity contribution in [2.24, 2.45) is 0 Å². The summed E-state index contributed by atoms with van der Waals surface area (Å²) in [4.78, 5) is 13.0. The van der Waals surface area contributed by atoms with Crippen molar-refractivity contribution in [1.29, 1.82) is 0 Å². The number of rotatable bonds is 3. The van der Waals surface area contributed by atoms with E-state index >= 15 is 0 Å². The highest BCUT2D eigenvalue weighted by Crippen LogP contribution is 2.18. The summed E-state index contributed by atoms with van der Waals surface area (Å²) in [6, 6.07) is 9.33. The molecule has 1 amide bonds. The van der Waals surface area contributed by atoms with Crippen LogP contribution in [0.4, 0.5) is 13.2 Å². The standard InChI is InChI=1S/C14H17F3N2O/c15-14(16,17)13(20)18-12-7-4-8-19(10-12)9-11-5-2-1-3-6-11/h1-3,5-6,12H,4,7-10H2,(H,18,20). The van der Waals surface area contributed by atoms with Crippen LogP contribution in [0.25, 0.3) is 0 Å². The highest BCUT2D eigenvalue weighted by molar-refractivity contribution is 5.81. The molecule has 3 nitrogen and oxygen atoms in total. The van der Waals surface area contributed by atoms with E-state index in [9.17, 15) is 18.0 Å². The molecule has 2 rings (SSSR count). The molecule has 1 aliphatic rings. The molecular weight excluding hydrogens is 269 g/mol. The molecule has 1 aliphatic heterocycles. The van der Waals surface area contributed by atoms with Gasteiger partial charge in [-0.15, -0.1) is 0 Å². The summed E-state index contributed by atoms with van der Waals surface area (Å²) in [6.07, 6.45) is -3.43. The van der Waals surface area contributed by atoms with Gasteiger partial charge in [0.05, 0.1) is 0 Å². The van der Waals surface area contributed by atoms with Crippen molar-refractivity contribution in [2.45, 2.75) is 31.6 Å². The molecule has 0 radical (unpaired) electrons. The molecule has 0 saturated carbocycles. The molecule has 1 fully saturated rings. The van der Waals surface area contributed by atoms with Gasteiger partial charge < -0.3 is 5.32 Å². The maximum atomic E-state index is 12.2. The van der Waals surface area contributed by atoms with Gasteiger partial charge in [-0.3, -0.25) is 9.69 Å². The predicted octanol–water partition coefficient (Wildman–Crippen LogP) is 2.33. The Morgan fingerprint density at radius 3 is 2.65 bits per heavy atom. The number of benzene rings is 1. The monoisotopic (exact) mass is 286 g/mol. The van der Waals surface area contributed by atoms with Crippen LogP contribution in [0.1, 0.15) is 18.4 Å². The normalized spacial score (nSPS) is 20.6. The molecule has 20 heavy (non-hydrogen) atoms. The highest BCUT2D eigenvalue weighted by Gasteiger charge is 2.40. The van der Waals surface area contributed by atoms with Crippen molar-refractivity contribution in [3.05, 3.63) is 35.9 Å². The number of nitrogens with zero attached hydrogens (tertiary/aromatic N) is 1. The quantitative estimate of drug-likeness (QED) is 0.925. The van der Waals surface area contributed by atoms with Crippen molar-refractivity contribution in [1.82, 2.24) is 10.2 Å². The Morgan fingerprint density at radius 1 is 1.30 bits per heavy atom. The van der Waals surface area contributed by atoms with Gasteiger partial charge in [-0.1, -0.05) is 30.3 Å². The number of alkyl halides is 3. The van der Waals surface area contributed by atoms with Crippen LogP contribution in [0.15, 0.2) is 30.3 Å². The van der Waals surface area contributed by atoms with Crippen molar-refractivity contribution in [3.63, 3.8) is 0 Å². The number of hydrogen-bond donors (Lipinski definition) is 1. The first kappa shape index (κ1) is 14.8. The summed E-state index contributed by atoms with van der Waals surface area (Å²) < 4.78 is 36.7. The minimum absolute atomic E-state index is 0.429. The second-order valence-corrected chi connectivity index (χ2v) is 5.03. The van der Waals surface area contributed by atoms with Crippen molar-refractivity contribution >= 4 is 5.91 Å². The van der Waals surface area contributed by atoms with Crippen LogP contribution in [-0.4, -0.2) is 36.1 Å². The summed E-state index contributed by atoms with van der Waals surface area (Å²) in [5, 5.41) is 2.07. The zero-order valence-electron chi connectivity index (χ0n) is 11.0. The number of hydrogen-bond acceptors (Lipinski definition) is 2. The van der Waals surface area contributed by atoms with E-state index in [1.807, 2.05) is 30.3 Å². The van der Waals surface area contributed by atoms with Gasteiger partial charge in [-0.25, -0.2) is 0 Å². The van der Waals surface area contributed by atoms with Crippen molar-refractivity contribution in [2.75, 3.05) is 13.1 Å². The molecule has 1 aromatic carbocycles. The molecule has 0 aromatic heterocycles. The van der Waals surface area contributed by atoms with E-state index in [0.29, 0.717) is 19.5 Å². The van der Waals surface area contributed by atoms with Gasteiger partial charge in [0.15, 0.2) is 0 Å². The predicted molar refractivity (Wildman–Crippen MR) is 68.9 cm³/mol. The van der Waals surface area contributed by atoms with Gasteiger partial charge in [0.2, 0.25) is 0 Å². The minimum Gasteiger partial charge on any atom is -0.344 e. The fourth-order valence-corrected chi connectivity index (χ4v) is 2.43. The van der Waals surface area contributed by atoms with Gasteiger partial charge in [-0.05, 0) is 24.9 Å². The fraction of sp³-hybridized carbons (Fsp3) is 0.500. The average molecular weight is 286 g/mol. The van der Waals surface area contributed by atoms with Crippen LogP contribution in [0.5, 0.6) is 0 Å². The van der Waals surface area contributed by atoms with Crippen LogP contribution in [0, 0.1) is 0 Å². The Balaban J connectivity index is 1.87. The number of nitrogens with one attached hydrogen (secondary N) is 1. The lowest BCUT2D eigenvalue weighted by atomic mass is 10.0. The maximum absolute atomic E-state index is 12.2. The van der Waals surface area contributed by atoms with Gasteiger partial charge >= 0.3 is 12.1 Å². The number of amides is 1. The number of likely N-dealkylation sites (tertiary alicyclic amines) is 1. The van der Waals surface area contributed by atoms with Crippen LogP contribution >= 0.6 is 0 Å². The van der Waals surface area contributed by atoms with Crippen LogP contribution in [-0.2, 0) is 11.3 Å². The van der Waals surface area contributed by atoms with Crippen LogP contribution < -0.4 is 5.32 Å². The van der Waals surface area contributed by atoms with E-state index < -0.39 is 18.1 Å². The first-order valence-electron chi connectivity index (χ1n) is 6.59. The maximum Gasteiger partial charge on any atom is 0.471 e. The second-order valence-electron chi connectivity index (χ2n) is 5.03. The number of carbonyl (C=O) groups is 1. The Hall–Kier alpha value is -1.56. The SMILES string of the molecule is O=C(NC1CCCN(Cc2ccccc2)C1)C(F)(F)F. The molecule has 0 bridgehead atoms. The third-order valence-electron chi connectivity index (χ3n) is 3.35. The largest absolute Gasteiger partial charge is 0.471 e.